The van der Waals surface area contributed by atoms with E-state index in [1.165, 1.54) is 28.6 Å². The van der Waals surface area contributed by atoms with Crippen molar-refractivity contribution in [3.05, 3.63) is 24.3 Å². The Morgan fingerprint density at radius 3 is 1.85 bits per heavy atom. The number of hydrogen-bond donors (Lipinski definition) is 1. The summed E-state index contributed by atoms with van der Waals surface area (Å²) in [5.74, 6) is 0. The van der Waals surface area contributed by atoms with Crippen LogP contribution in [0.5, 0.6) is 0 Å². The number of hydrogen-bond acceptors (Lipinski definition) is 4. The van der Waals surface area contributed by atoms with Crippen molar-refractivity contribution in [3.8, 4) is 0 Å². The molecule has 1 aliphatic rings. The highest BCUT2D eigenvalue weighted by molar-refractivity contribution is 7.92. The third-order valence-electron chi connectivity index (χ3n) is 3.34. The van der Waals surface area contributed by atoms with E-state index in [4.69, 9.17) is 5.14 Å². The highest BCUT2D eigenvalue weighted by Gasteiger charge is 2.30. The van der Waals surface area contributed by atoms with Crippen LogP contribution in [0.25, 0.3) is 0 Å². The third kappa shape index (κ3) is 3.20. The van der Waals surface area contributed by atoms with E-state index < -0.39 is 20.0 Å². The van der Waals surface area contributed by atoms with Crippen LogP contribution >= 0.6 is 0 Å². The van der Waals surface area contributed by atoms with Crippen molar-refractivity contribution in [2.75, 3.05) is 13.1 Å². The summed E-state index contributed by atoms with van der Waals surface area (Å²) in [6.07, 6.45) is 3.55. The monoisotopic (exact) mass is 318 g/mol. The Bertz CT molecular complexity index is 675. The first-order valence-electron chi connectivity index (χ1n) is 6.45. The van der Waals surface area contributed by atoms with Crippen LogP contribution in [0.2, 0.25) is 0 Å². The van der Waals surface area contributed by atoms with E-state index in [1.54, 1.807) is 0 Å². The molecule has 0 aromatic heterocycles. The molecule has 2 rings (SSSR count). The SMILES string of the molecule is NS(=O)(=O)c1ccccc1S(=O)(=O)N1CCCCCC1. The van der Waals surface area contributed by atoms with Crippen LogP contribution in [0.3, 0.4) is 0 Å². The second kappa shape index (κ2) is 5.80. The molecule has 0 atom stereocenters. The van der Waals surface area contributed by atoms with E-state index in [1.807, 2.05) is 0 Å². The van der Waals surface area contributed by atoms with Crippen LogP contribution < -0.4 is 5.14 Å². The fourth-order valence-corrected chi connectivity index (χ4v) is 5.19. The maximum Gasteiger partial charge on any atom is 0.244 e. The molecule has 0 saturated carbocycles. The highest BCUT2D eigenvalue weighted by atomic mass is 32.2. The summed E-state index contributed by atoms with van der Waals surface area (Å²) < 4.78 is 49.7. The van der Waals surface area contributed by atoms with Gasteiger partial charge in [0.2, 0.25) is 20.0 Å². The smallest absolute Gasteiger partial charge is 0.225 e. The molecule has 0 spiro atoms. The number of nitrogens with zero attached hydrogens (tertiary/aromatic N) is 1. The van der Waals surface area contributed by atoms with Crippen molar-refractivity contribution in [3.63, 3.8) is 0 Å². The molecule has 0 amide bonds. The van der Waals surface area contributed by atoms with Gasteiger partial charge in [0, 0.05) is 13.1 Å². The second-order valence-corrected chi connectivity index (χ2v) is 8.25. The second-order valence-electron chi connectivity index (χ2n) is 4.81. The van der Waals surface area contributed by atoms with Gasteiger partial charge >= 0.3 is 0 Å². The average Bonchev–Trinajstić information content (AvgIpc) is 2.67. The molecule has 20 heavy (non-hydrogen) atoms. The maximum absolute atomic E-state index is 12.6. The Morgan fingerprint density at radius 2 is 1.35 bits per heavy atom. The molecule has 1 aromatic carbocycles. The first-order valence-corrected chi connectivity index (χ1v) is 9.44. The lowest BCUT2D eigenvalue weighted by Gasteiger charge is -2.21. The van der Waals surface area contributed by atoms with Crippen LogP contribution in [0.15, 0.2) is 34.1 Å². The van der Waals surface area contributed by atoms with Crippen LogP contribution in [0.1, 0.15) is 25.7 Å². The Balaban J connectivity index is 2.49. The summed E-state index contributed by atoms with van der Waals surface area (Å²) in [6, 6.07) is 5.47. The molecule has 1 fully saturated rings. The molecular formula is C12H18N2O4S2. The fraction of sp³-hybridized carbons (Fsp3) is 0.500. The van der Waals surface area contributed by atoms with Crippen LogP contribution in [0, 0.1) is 0 Å². The van der Waals surface area contributed by atoms with Crippen molar-refractivity contribution in [1.82, 2.24) is 4.31 Å². The summed E-state index contributed by atoms with van der Waals surface area (Å²) in [6.45, 7) is 0.836. The van der Waals surface area contributed by atoms with Gasteiger partial charge in [-0.15, -0.1) is 0 Å². The molecule has 0 aliphatic carbocycles. The quantitative estimate of drug-likeness (QED) is 0.895. The van der Waals surface area contributed by atoms with E-state index in [-0.39, 0.29) is 9.79 Å². The molecule has 2 N–H and O–H groups in total. The normalized spacial score (nSPS) is 18.6. The predicted octanol–water partition coefficient (Wildman–Crippen LogP) is 0.899. The predicted molar refractivity (Wildman–Crippen MR) is 75.0 cm³/mol. The molecule has 0 bridgehead atoms. The van der Waals surface area contributed by atoms with Gasteiger partial charge in [0.1, 0.15) is 9.79 Å². The minimum atomic E-state index is -4.07. The Kier molecular flexibility index (Phi) is 4.48. The van der Waals surface area contributed by atoms with E-state index in [2.05, 4.69) is 0 Å². The summed E-state index contributed by atoms with van der Waals surface area (Å²) in [4.78, 5) is -0.575. The molecule has 0 radical (unpaired) electrons. The van der Waals surface area contributed by atoms with E-state index in [0.29, 0.717) is 13.1 Å². The number of benzene rings is 1. The lowest BCUT2D eigenvalue weighted by atomic mass is 10.2. The number of primary sulfonamides is 1. The minimum Gasteiger partial charge on any atom is -0.225 e. The lowest BCUT2D eigenvalue weighted by Crippen LogP contribution is -2.33. The van der Waals surface area contributed by atoms with Crippen LogP contribution in [0.4, 0.5) is 0 Å². The third-order valence-corrected chi connectivity index (χ3v) is 6.39. The van der Waals surface area contributed by atoms with Gasteiger partial charge in [-0.2, -0.15) is 4.31 Å². The summed E-state index contributed by atoms with van der Waals surface area (Å²) in [5.41, 5.74) is 0. The van der Waals surface area contributed by atoms with Gasteiger partial charge in [-0.25, -0.2) is 22.0 Å². The van der Waals surface area contributed by atoms with Gasteiger partial charge in [-0.3, -0.25) is 0 Å². The van der Waals surface area contributed by atoms with Gasteiger partial charge in [-0.1, -0.05) is 25.0 Å². The molecule has 1 aliphatic heterocycles. The number of sulfonamides is 2. The van der Waals surface area contributed by atoms with Crippen LogP contribution in [-0.2, 0) is 20.0 Å². The van der Waals surface area contributed by atoms with Crippen molar-refractivity contribution in [1.29, 1.82) is 0 Å². The maximum atomic E-state index is 12.6. The molecule has 112 valence electrons. The standard InChI is InChI=1S/C12H18N2O4S2/c13-19(15,16)11-7-3-4-8-12(11)20(17,18)14-9-5-1-2-6-10-14/h3-4,7-8H,1-2,5-6,9-10H2,(H2,13,15,16). The van der Waals surface area contributed by atoms with Crippen molar-refractivity contribution >= 4 is 20.0 Å². The zero-order valence-corrected chi connectivity index (χ0v) is 12.7. The molecule has 8 heteroatoms. The summed E-state index contributed by atoms with van der Waals surface area (Å²) in [5, 5.41) is 5.10. The van der Waals surface area contributed by atoms with Gasteiger partial charge in [0.25, 0.3) is 0 Å². The van der Waals surface area contributed by atoms with Crippen molar-refractivity contribution in [2.45, 2.75) is 35.5 Å². The molecule has 6 nitrogen and oxygen atoms in total. The molecular weight excluding hydrogens is 300 g/mol. The Hall–Kier alpha value is -0.960. The van der Waals surface area contributed by atoms with Crippen molar-refractivity contribution in [2.24, 2.45) is 5.14 Å². The minimum absolute atomic E-state index is 0.232. The van der Waals surface area contributed by atoms with Gasteiger partial charge < -0.3 is 0 Å². The van der Waals surface area contributed by atoms with E-state index >= 15 is 0 Å². The zero-order valence-electron chi connectivity index (χ0n) is 11.0. The molecule has 1 heterocycles. The first-order chi connectivity index (χ1) is 9.33. The number of nitrogens with two attached hydrogens (primary N) is 1. The van der Waals surface area contributed by atoms with Gasteiger partial charge in [0.05, 0.1) is 0 Å². The largest absolute Gasteiger partial charge is 0.244 e. The Labute approximate surface area is 119 Å². The molecule has 0 unspecified atom stereocenters. The van der Waals surface area contributed by atoms with Crippen LogP contribution in [-0.4, -0.2) is 34.2 Å². The average molecular weight is 318 g/mol. The summed E-state index contributed by atoms with van der Waals surface area (Å²) >= 11 is 0. The van der Waals surface area contributed by atoms with Crippen molar-refractivity contribution < 1.29 is 16.8 Å². The Morgan fingerprint density at radius 1 is 0.850 bits per heavy atom. The fourth-order valence-electron chi connectivity index (χ4n) is 2.32. The number of rotatable bonds is 3. The van der Waals surface area contributed by atoms with E-state index in [0.717, 1.165) is 25.7 Å². The molecule has 1 saturated heterocycles. The van der Waals surface area contributed by atoms with Gasteiger partial charge in [-0.05, 0) is 25.0 Å². The lowest BCUT2D eigenvalue weighted by molar-refractivity contribution is 0.422. The first kappa shape index (κ1) is 15.4. The van der Waals surface area contributed by atoms with Gasteiger partial charge in [0.15, 0.2) is 0 Å². The van der Waals surface area contributed by atoms with E-state index in [9.17, 15) is 16.8 Å². The summed E-state index contributed by atoms with van der Waals surface area (Å²) in [7, 11) is -7.90. The highest BCUT2D eigenvalue weighted by Crippen LogP contribution is 2.25. The molecule has 1 aromatic rings. The zero-order chi connectivity index (χ0) is 14.8. The topological polar surface area (TPSA) is 97.5 Å².